The second-order valence-corrected chi connectivity index (χ2v) is 7.14. The Morgan fingerprint density at radius 2 is 1.60 bits per heavy atom. The molecule has 1 saturated heterocycles. The van der Waals surface area contributed by atoms with Crippen molar-refractivity contribution >= 4 is 0 Å². The summed E-state index contributed by atoms with van der Waals surface area (Å²) in [6, 6.07) is 1.62. The van der Waals surface area contributed by atoms with Gasteiger partial charge in [-0.3, -0.25) is 0 Å². The molecule has 1 saturated carbocycles. The minimum absolute atomic E-state index is 0.802. The van der Waals surface area contributed by atoms with Crippen molar-refractivity contribution in [3.63, 3.8) is 0 Å². The van der Waals surface area contributed by atoms with Crippen molar-refractivity contribution in [2.45, 2.75) is 90.1 Å². The average Bonchev–Trinajstić information content (AvgIpc) is 2.68. The second-order valence-electron chi connectivity index (χ2n) is 7.14. The largest absolute Gasteiger partial charge is 0.311 e. The standard InChI is InChI=1S/C18H36N2/c1-3-6-16-7-5-8-17(10-9-16)19-18-11-14-20(13-4-2)15-12-18/h16-19H,3-15H2,1-2H3. The first kappa shape index (κ1) is 16.3. The third-order valence-corrected chi connectivity index (χ3v) is 5.38. The van der Waals surface area contributed by atoms with Crippen molar-refractivity contribution in [3.05, 3.63) is 0 Å². The van der Waals surface area contributed by atoms with Gasteiger partial charge in [0.25, 0.3) is 0 Å². The maximum Gasteiger partial charge on any atom is 0.00940 e. The summed E-state index contributed by atoms with van der Waals surface area (Å²) in [4.78, 5) is 2.64. The highest BCUT2D eigenvalue weighted by atomic mass is 15.1. The molecular weight excluding hydrogens is 244 g/mol. The van der Waals surface area contributed by atoms with Gasteiger partial charge in [0, 0.05) is 12.1 Å². The van der Waals surface area contributed by atoms with Crippen LogP contribution in [0.3, 0.4) is 0 Å². The smallest absolute Gasteiger partial charge is 0.00940 e. The Morgan fingerprint density at radius 3 is 2.30 bits per heavy atom. The molecule has 2 nitrogen and oxygen atoms in total. The summed E-state index contributed by atoms with van der Waals surface area (Å²) in [6.45, 7) is 8.56. The summed E-state index contributed by atoms with van der Waals surface area (Å²) in [6.07, 6.45) is 14.2. The molecule has 1 aliphatic heterocycles. The number of piperidine rings is 1. The molecule has 0 aromatic heterocycles. The van der Waals surface area contributed by atoms with Gasteiger partial charge in [0.15, 0.2) is 0 Å². The van der Waals surface area contributed by atoms with E-state index in [1.165, 1.54) is 83.8 Å². The number of nitrogens with zero attached hydrogens (tertiary/aromatic N) is 1. The summed E-state index contributed by atoms with van der Waals surface area (Å²) in [5, 5.41) is 4.00. The number of nitrogens with one attached hydrogen (secondary N) is 1. The van der Waals surface area contributed by atoms with Gasteiger partial charge in [-0.05, 0) is 64.1 Å². The van der Waals surface area contributed by atoms with E-state index in [0.717, 1.165) is 18.0 Å². The summed E-state index contributed by atoms with van der Waals surface area (Å²) in [5.41, 5.74) is 0. The quantitative estimate of drug-likeness (QED) is 0.734. The molecule has 20 heavy (non-hydrogen) atoms. The van der Waals surface area contributed by atoms with Gasteiger partial charge in [-0.2, -0.15) is 0 Å². The first-order valence-corrected chi connectivity index (χ1v) is 9.30. The van der Waals surface area contributed by atoms with Crippen LogP contribution in [-0.2, 0) is 0 Å². The zero-order chi connectivity index (χ0) is 14.2. The Bertz CT molecular complexity index is 246. The minimum atomic E-state index is 0.802. The highest BCUT2D eigenvalue weighted by Gasteiger charge is 2.23. The third-order valence-electron chi connectivity index (χ3n) is 5.38. The SMILES string of the molecule is CCCC1CCCC(NC2CCN(CCC)CC2)CC1. The van der Waals surface area contributed by atoms with Crippen LogP contribution in [0.2, 0.25) is 0 Å². The summed E-state index contributed by atoms with van der Waals surface area (Å²) < 4.78 is 0. The first-order chi connectivity index (χ1) is 9.81. The van der Waals surface area contributed by atoms with Crippen LogP contribution in [0, 0.1) is 5.92 Å². The van der Waals surface area contributed by atoms with Gasteiger partial charge in [-0.25, -0.2) is 0 Å². The summed E-state index contributed by atoms with van der Waals surface area (Å²) in [7, 11) is 0. The summed E-state index contributed by atoms with van der Waals surface area (Å²) >= 11 is 0. The van der Waals surface area contributed by atoms with Crippen LogP contribution < -0.4 is 5.32 Å². The molecule has 0 bridgehead atoms. The Hall–Kier alpha value is -0.0800. The molecule has 1 aliphatic carbocycles. The van der Waals surface area contributed by atoms with Crippen LogP contribution in [0.5, 0.6) is 0 Å². The Kier molecular flexibility index (Phi) is 7.37. The Labute approximate surface area is 126 Å². The fourth-order valence-corrected chi connectivity index (χ4v) is 4.21. The topological polar surface area (TPSA) is 15.3 Å². The molecule has 0 radical (unpaired) electrons. The van der Waals surface area contributed by atoms with Gasteiger partial charge in [0.2, 0.25) is 0 Å². The fraction of sp³-hybridized carbons (Fsp3) is 1.00. The van der Waals surface area contributed by atoms with E-state index in [0.29, 0.717) is 0 Å². The van der Waals surface area contributed by atoms with Crippen LogP contribution in [0.1, 0.15) is 78.1 Å². The molecule has 2 aliphatic rings. The lowest BCUT2D eigenvalue weighted by molar-refractivity contribution is 0.188. The van der Waals surface area contributed by atoms with Crippen LogP contribution in [-0.4, -0.2) is 36.6 Å². The number of hydrogen-bond acceptors (Lipinski definition) is 2. The molecule has 0 spiro atoms. The van der Waals surface area contributed by atoms with E-state index < -0.39 is 0 Å². The lowest BCUT2D eigenvalue weighted by Crippen LogP contribution is -2.46. The highest BCUT2D eigenvalue weighted by molar-refractivity contribution is 4.82. The Morgan fingerprint density at radius 1 is 0.850 bits per heavy atom. The lowest BCUT2D eigenvalue weighted by atomic mass is 9.95. The zero-order valence-corrected chi connectivity index (χ0v) is 13.9. The van der Waals surface area contributed by atoms with Gasteiger partial charge in [-0.15, -0.1) is 0 Å². The van der Waals surface area contributed by atoms with E-state index in [-0.39, 0.29) is 0 Å². The van der Waals surface area contributed by atoms with Crippen molar-refractivity contribution < 1.29 is 0 Å². The molecule has 2 atom stereocenters. The molecule has 1 N–H and O–H groups in total. The molecule has 1 heterocycles. The molecule has 2 heteroatoms. The molecule has 0 aromatic carbocycles. The van der Waals surface area contributed by atoms with Gasteiger partial charge < -0.3 is 10.2 Å². The van der Waals surface area contributed by atoms with Crippen molar-refractivity contribution in [1.29, 1.82) is 0 Å². The van der Waals surface area contributed by atoms with E-state index in [1.54, 1.807) is 0 Å². The van der Waals surface area contributed by atoms with E-state index in [4.69, 9.17) is 0 Å². The van der Waals surface area contributed by atoms with Gasteiger partial charge >= 0.3 is 0 Å². The van der Waals surface area contributed by atoms with E-state index >= 15 is 0 Å². The lowest BCUT2D eigenvalue weighted by Gasteiger charge is -2.34. The predicted octanol–water partition coefficient (Wildman–Crippen LogP) is 4.20. The monoisotopic (exact) mass is 280 g/mol. The van der Waals surface area contributed by atoms with Gasteiger partial charge in [-0.1, -0.05) is 39.5 Å². The molecule has 0 aromatic rings. The molecule has 2 unspecified atom stereocenters. The maximum atomic E-state index is 4.00. The molecule has 2 rings (SSSR count). The summed E-state index contributed by atoms with van der Waals surface area (Å²) in [5.74, 6) is 1.03. The van der Waals surface area contributed by atoms with Crippen molar-refractivity contribution in [2.24, 2.45) is 5.92 Å². The average molecular weight is 280 g/mol. The van der Waals surface area contributed by atoms with E-state index in [9.17, 15) is 0 Å². The van der Waals surface area contributed by atoms with Gasteiger partial charge in [0.05, 0.1) is 0 Å². The normalized spacial score (nSPS) is 30.3. The highest BCUT2D eigenvalue weighted by Crippen LogP contribution is 2.27. The van der Waals surface area contributed by atoms with Crippen LogP contribution in [0.15, 0.2) is 0 Å². The van der Waals surface area contributed by atoms with E-state index in [2.05, 4.69) is 24.1 Å². The van der Waals surface area contributed by atoms with Crippen LogP contribution in [0.25, 0.3) is 0 Å². The second kappa shape index (κ2) is 9.04. The van der Waals surface area contributed by atoms with Crippen LogP contribution in [0.4, 0.5) is 0 Å². The number of hydrogen-bond donors (Lipinski definition) is 1. The predicted molar refractivity (Wildman–Crippen MR) is 88.2 cm³/mol. The third kappa shape index (κ3) is 5.37. The van der Waals surface area contributed by atoms with Gasteiger partial charge in [0.1, 0.15) is 0 Å². The Balaban J connectivity index is 1.66. The minimum Gasteiger partial charge on any atom is -0.311 e. The van der Waals surface area contributed by atoms with Crippen LogP contribution >= 0.6 is 0 Å². The molecule has 118 valence electrons. The van der Waals surface area contributed by atoms with E-state index in [1.807, 2.05) is 0 Å². The van der Waals surface area contributed by atoms with Crippen molar-refractivity contribution in [3.8, 4) is 0 Å². The fourth-order valence-electron chi connectivity index (χ4n) is 4.21. The zero-order valence-electron chi connectivity index (χ0n) is 13.9. The van der Waals surface area contributed by atoms with Crippen molar-refractivity contribution in [1.82, 2.24) is 10.2 Å². The molecular formula is C18H36N2. The van der Waals surface area contributed by atoms with Crippen molar-refractivity contribution in [2.75, 3.05) is 19.6 Å². The molecule has 0 amide bonds. The number of rotatable bonds is 6. The molecule has 2 fully saturated rings. The number of likely N-dealkylation sites (tertiary alicyclic amines) is 1. The maximum absolute atomic E-state index is 4.00. The first-order valence-electron chi connectivity index (χ1n) is 9.30.